The molecule has 5 rings (SSSR count). The van der Waals surface area contributed by atoms with Crippen molar-refractivity contribution in [3.05, 3.63) is 107 Å². The van der Waals surface area contributed by atoms with Crippen LogP contribution < -0.4 is 5.32 Å². The molecule has 0 amide bonds. The van der Waals surface area contributed by atoms with Gasteiger partial charge in [-0.3, -0.25) is 10.1 Å². The van der Waals surface area contributed by atoms with E-state index < -0.39 is 0 Å². The lowest BCUT2D eigenvalue weighted by Crippen LogP contribution is -1.98. The molecule has 0 bridgehead atoms. The summed E-state index contributed by atoms with van der Waals surface area (Å²) in [6.45, 7) is 18.4. The molecule has 6 nitrogen and oxygen atoms in total. The van der Waals surface area contributed by atoms with E-state index in [1.54, 1.807) is 17.5 Å². The first-order valence-corrected chi connectivity index (χ1v) is 13.7. The van der Waals surface area contributed by atoms with E-state index in [1.807, 2.05) is 37.4 Å². The Balaban J connectivity index is 1.52. The molecule has 0 saturated carbocycles. The summed E-state index contributed by atoms with van der Waals surface area (Å²) in [7, 11) is 0. The zero-order valence-corrected chi connectivity index (χ0v) is 23.4. The molecule has 0 fully saturated rings. The molecule has 5 aromatic heterocycles. The van der Waals surface area contributed by atoms with Crippen molar-refractivity contribution in [2.75, 3.05) is 5.32 Å². The number of allylic oxidation sites excluding steroid dienone is 4. The van der Waals surface area contributed by atoms with Gasteiger partial charge in [-0.2, -0.15) is 5.10 Å². The van der Waals surface area contributed by atoms with E-state index in [2.05, 4.69) is 83.3 Å². The fraction of sp³-hybridized carbons (Fsp3) is 0.156. The topological polar surface area (TPSA) is 82.3 Å². The van der Waals surface area contributed by atoms with Crippen molar-refractivity contribution in [2.24, 2.45) is 0 Å². The first-order chi connectivity index (χ1) is 18.9. The van der Waals surface area contributed by atoms with Crippen LogP contribution in [0.3, 0.4) is 0 Å². The summed E-state index contributed by atoms with van der Waals surface area (Å²) in [5.74, 6) is 0. The highest BCUT2D eigenvalue weighted by Crippen LogP contribution is 2.36. The smallest absolute Gasteiger partial charge is 0.135 e. The van der Waals surface area contributed by atoms with Gasteiger partial charge >= 0.3 is 0 Å². The molecule has 0 atom stereocenters. The van der Waals surface area contributed by atoms with E-state index >= 15 is 0 Å². The summed E-state index contributed by atoms with van der Waals surface area (Å²) in [6, 6.07) is 12.4. The van der Waals surface area contributed by atoms with Gasteiger partial charge in [-0.15, -0.1) is 11.3 Å². The van der Waals surface area contributed by atoms with Gasteiger partial charge in [0.2, 0.25) is 0 Å². The summed E-state index contributed by atoms with van der Waals surface area (Å²) in [6.07, 6.45) is 9.45. The highest BCUT2D eigenvalue weighted by molar-refractivity contribution is 7.14. The van der Waals surface area contributed by atoms with Crippen molar-refractivity contribution < 1.29 is 0 Å². The number of fused-ring (bicyclic) bond motifs is 1. The average molecular weight is 533 g/mol. The van der Waals surface area contributed by atoms with E-state index in [1.165, 1.54) is 4.88 Å². The summed E-state index contributed by atoms with van der Waals surface area (Å²) in [5, 5.41) is 11.1. The van der Waals surface area contributed by atoms with E-state index in [4.69, 9.17) is 4.98 Å². The summed E-state index contributed by atoms with van der Waals surface area (Å²) >= 11 is 1.73. The molecule has 5 aromatic rings. The first kappa shape index (κ1) is 26.1. The van der Waals surface area contributed by atoms with Gasteiger partial charge in [0.15, 0.2) is 0 Å². The molecular weight excluding hydrogens is 500 g/mol. The minimum atomic E-state index is 0.770. The lowest BCUT2D eigenvalue weighted by molar-refractivity contribution is 0.913. The van der Waals surface area contributed by atoms with Crippen molar-refractivity contribution in [1.29, 1.82) is 0 Å². The molecule has 0 aromatic carbocycles. The van der Waals surface area contributed by atoms with Gasteiger partial charge in [0.05, 0.1) is 28.8 Å². The largest absolute Gasteiger partial charge is 0.358 e. The lowest BCUT2D eigenvalue weighted by atomic mass is 10.0. The Labute approximate surface area is 233 Å². The summed E-state index contributed by atoms with van der Waals surface area (Å²) < 4.78 is 0. The number of nitrogens with zero attached hydrogens (tertiary/aromatic N) is 3. The van der Waals surface area contributed by atoms with Crippen LogP contribution in [0.5, 0.6) is 0 Å². The second kappa shape index (κ2) is 11.1. The van der Waals surface area contributed by atoms with Gasteiger partial charge in [0, 0.05) is 44.0 Å². The number of hydrogen-bond donors (Lipinski definition) is 3. The zero-order chi connectivity index (χ0) is 27.5. The minimum Gasteiger partial charge on any atom is -0.358 e. The Morgan fingerprint density at radius 3 is 2.67 bits per heavy atom. The van der Waals surface area contributed by atoms with E-state index in [0.717, 1.165) is 85.2 Å². The molecule has 39 heavy (non-hydrogen) atoms. The number of hydrogen-bond acceptors (Lipinski definition) is 5. The highest BCUT2D eigenvalue weighted by atomic mass is 32.1. The van der Waals surface area contributed by atoms with Crippen molar-refractivity contribution in [2.45, 2.75) is 33.6 Å². The van der Waals surface area contributed by atoms with Crippen LogP contribution in [-0.4, -0.2) is 25.1 Å². The normalized spacial score (nSPS) is 11.6. The molecule has 0 aliphatic heterocycles. The second-order valence-electron chi connectivity index (χ2n) is 9.59. The molecule has 5 heterocycles. The van der Waals surface area contributed by atoms with Crippen molar-refractivity contribution in [3.8, 4) is 22.6 Å². The number of H-pyrrole nitrogens is 2. The number of aromatic amines is 2. The van der Waals surface area contributed by atoms with Crippen molar-refractivity contribution >= 4 is 39.2 Å². The standard InChI is InChI=1S/C32H32N6S/c1-7-9-20(5)34-23-15-22(17-33-18-23)26-11-12-27-31(36-26)32(38-37-27)28-16-25(21(6)35-28)24(10-8-2)30-14-13-29(39-30)19(3)4/h8,10-18,34-35H,2-3,5,7,9H2,1,4,6H3,(H,37,38)/b24-10+. The van der Waals surface area contributed by atoms with Gasteiger partial charge in [0.25, 0.3) is 0 Å². The van der Waals surface area contributed by atoms with Crippen LogP contribution in [0, 0.1) is 6.92 Å². The monoisotopic (exact) mass is 532 g/mol. The molecule has 0 aliphatic rings. The number of thiophene rings is 1. The van der Waals surface area contributed by atoms with E-state index in [9.17, 15) is 0 Å². The van der Waals surface area contributed by atoms with Crippen LogP contribution in [0.15, 0.2) is 86.4 Å². The maximum atomic E-state index is 5.00. The maximum absolute atomic E-state index is 5.00. The van der Waals surface area contributed by atoms with Crippen LogP contribution in [0.4, 0.5) is 5.69 Å². The molecule has 0 unspecified atom stereocenters. The Hall–Kier alpha value is -4.49. The van der Waals surface area contributed by atoms with Crippen molar-refractivity contribution in [1.82, 2.24) is 25.1 Å². The summed E-state index contributed by atoms with van der Waals surface area (Å²) in [4.78, 5) is 15.3. The molecule has 0 spiro atoms. The Morgan fingerprint density at radius 2 is 1.92 bits per heavy atom. The second-order valence-corrected chi connectivity index (χ2v) is 10.7. The Bertz CT molecular complexity index is 1730. The molecule has 0 radical (unpaired) electrons. The van der Waals surface area contributed by atoms with E-state index in [0.29, 0.717) is 0 Å². The Kier molecular flexibility index (Phi) is 7.43. The predicted molar refractivity (Wildman–Crippen MR) is 166 cm³/mol. The van der Waals surface area contributed by atoms with Crippen LogP contribution in [0.25, 0.3) is 44.8 Å². The van der Waals surface area contributed by atoms with E-state index in [-0.39, 0.29) is 0 Å². The van der Waals surface area contributed by atoms with Crippen LogP contribution >= 0.6 is 11.3 Å². The van der Waals surface area contributed by atoms with Gasteiger partial charge < -0.3 is 10.3 Å². The molecule has 196 valence electrons. The fourth-order valence-electron chi connectivity index (χ4n) is 4.56. The SMILES string of the molecule is C=C/C=C(/c1ccc(C(=C)C)s1)c1cc(-c2n[nH]c3ccc(-c4cncc(NC(=C)CCC)c4)nc23)[nH]c1C. The molecule has 0 aliphatic carbocycles. The number of rotatable bonds is 10. The quantitative estimate of drug-likeness (QED) is 0.157. The Morgan fingerprint density at radius 1 is 1.10 bits per heavy atom. The van der Waals surface area contributed by atoms with Gasteiger partial charge in [-0.25, -0.2) is 4.98 Å². The average Bonchev–Trinajstić information content (AvgIpc) is 3.66. The minimum absolute atomic E-state index is 0.770. The molecule has 0 saturated heterocycles. The zero-order valence-electron chi connectivity index (χ0n) is 22.6. The van der Waals surface area contributed by atoms with Crippen LogP contribution in [0.2, 0.25) is 0 Å². The number of nitrogens with one attached hydrogen (secondary N) is 3. The molecule has 7 heteroatoms. The van der Waals surface area contributed by atoms with Gasteiger partial charge in [-0.1, -0.05) is 45.2 Å². The van der Waals surface area contributed by atoms with Crippen molar-refractivity contribution in [3.63, 3.8) is 0 Å². The highest BCUT2D eigenvalue weighted by Gasteiger charge is 2.18. The predicted octanol–water partition coefficient (Wildman–Crippen LogP) is 8.76. The number of pyridine rings is 2. The van der Waals surface area contributed by atoms with Gasteiger partial charge in [0.1, 0.15) is 11.2 Å². The maximum Gasteiger partial charge on any atom is 0.135 e. The summed E-state index contributed by atoms with van der Waals surface area (Å²) in [5.41, 5.74) is 11.3. The molecule has 3 N–H and O–H groups in total. The number of anilines is 1. The molecular formula is C32H32N6S. The third-order valence-electron chi connectivity index (χ3n) is 6.45. The first-order valence-electron chi connectivity index (χ1n) is 12.9. The third-order valence-corrected chi connectivity index (χ3v) is 7.73. The lowest BCUT2D eigenvalue weighted by Gasteiger charge is -2.09. The fourth-order valence-corrected chi connectivity index (χ4v) is 5.54. The number of aromatic nitrogens is 5. The van der Waals surface area contributed by atoms with Gasteiger partial charge in [-0.05, 0) is 62.2 Å². The number of aryl methyl sites for hydroxylation is 1. The third kappa shape index (κ3) is 5.40. The van der Waals surface area contributed by atoms with Crippen LogP contribution in [-0.2, 0) is 0 Å². The van der Waals surface area contributed by atoms with Crippen LogP contribution in [0.1, 0.15) is 47.7 Å².